The van der Waals surface area contributed by atoms with Crippen LogP contribution in [0.4, 0.5) is 4.39 Å². The third-order valence-electron chi connectivity index (χ3n) is 19.3. The van der Waals surface area contributed by atoms with Gasteiger partial charge in [0.05, 0.1) is 220 Å². The van der Waals surface area contributed by atoms with Crippen LogP contribution in [0.3, 0.4) is 0 Å². The standard InChI is InChI=1S/C79H111FN10O27/c1-4-79(103)58-44-63-73-56(49-90(63)77(101)57(58)50-117-78(79)102)72-60(11-10-55-53(3)59(80)45-61(87-73)71(55)72)88-75(99)64(91)13-17-116-51-85-68(95)47-84-74(98)62(43-54-8-6-5-7-9-54)86-69(96)48-83-67(94)46-82-66(93)14-18-104-20-22-106-24-26-108-28-30-110-32-34-112-36-38-114-40-41-115-39-37-113-35-33-111-31-29-109-27-25-107-23-21-105-19-15-81-65(92)12-16-89-70(97)42-52(2)76(89)100/h5-9,44-45,52,60,62,64,91,103H,4,10-43,46-51H2,1-3H3,(H,81,92)(H,82,93)(H,83,94)(H,84,98)(H,85,95)(H,86,96)(H,88,99)/t52?,60-,62-,64+,79-/m0/s1. The lowest BCUT2D eigenvalue weighted by atomic mass is 9.81. The van der Waals surface area contributed by atoms with E-state index in [1.54, 1.807) is 57.2 Å². The number of aromatic nitrogens is 2. The zero-order chi connectivity index (χ0) is 83.7. The van der Waals surface area contributed by atoms with Crippen LogP contribution in [0.15, 0.2) is 47.3 Å². The van der Waals surface area contributed by atoms with Gasteiger partial charge in [0.1, 0.15) is 31.3 Å². The number of ether oxygens (including phenoxy) is 14. The summed E-state index contributed by atoms with van der Waals surface area (Å²) in [4.78, 5) is 146. The predicted octanol–water partition coefficient (Wildman–Crippen LogP) is -0.961. The lowest BCUT2D eigenvalue weighted by molar-refractivity contribution is -0.172. The van der Waals surface area contributed by atoms with E-state index in [1.165, 1.54) is 10.6 Å². The molecule has 38 heteroatoms. The van der Waals surface area contributed by atoms with Crippen molar-refractivity contribution in [2.45, 2.75) is 109 Å². The normalized spacial score (nSPS) is 16.4. The number of amides is 9. The number of aliphatic hydroxyl groups is 2. The van der Waals surface area contributed by atoms with Gasteiger partial charge in [-0.05, 0) is 54.5 Å². The van der Waals surface area contributed by atoms with Crippen LogP contribution >= 0.6 is 0 Å². The quantitative estimate of drug-likeness (QED) is 0.00979. The van der Waals surface area contributed by atoms with Crippen LogP contribution in [0, 0.1) is 18.7 Å². The van der Waals surface area contributed by atoms with E-state index in [4.69, 9.17) is 71.3 Å². The van der Waals surface area contributed by atoms with Gasteiger partial charge in [0.15, 0.2) is 5.60 Å². The Labute approximate surface area is 676 Å². The number of aliphatic hydroxyl groups excluding tert-OH is 1. The van der Waals surface area contributed by atoms with Crippen LogP contribution in [0.25, 0.3) is 22.3 Å². The van der Waals surface area contributed by atoms with Gasteiger partial charge in [-0.2, -0.15) is 0 Å². The Hall–Kier alpha value is -8.97. The minimum absolute atomic E-state index is 0.0203. The number of rotatable bonds is 60. The summed E-state index contributed by atoms with van der Waals surface area (Å²) in [5.74, 6) is -6.40. The van der Waals surface area contributed by atoms with Gasteiger partial charge >= 0.3 is 5.97 Å². The van der Waals surface area contributed by atoms with E-state index >= 15 is 4.39 Å². The molecule has 646 valence electrons. The highest BCUT2D eigenvalue weighted by atomic mass is 19.1. The Morgan fingerprint density at radius 3 is 1.68 bits per heavy atom. The molecule has 9 N–H and O–H groups in total. The third kappa shape index (κ3) is 30.1. The van der Waals surface area contributed by atoms with Gasteiger partial charge in [-0.3, -0.25) is 52.8 Å². The molecule has 5 heterocycles. The number of imide groups is 1. The van der Waals surface area contributed by atoms with Crippen molar-refractivity contribution in [1.29, 1.82) is 0 Å². The first kappa shape index (κ1) is 93.5. The van der Waals surface area contributed by atoms with Gasteiger partial charge < -0.3 is 118 Å². The summed E-state index contributed by atoms with van der Waals surface area (Å²) < 4.78 is 93.6. The lowest BCUT2D eigenvalue weighted by Gasteiger charge is -2.31. The molecule has 37 nitrogen and oxygen atoms in total. The Balaban J connectivity index is 0.557. The fourth-order valence-corrected chi connectivity index (χ4v) is 13.0. The van der Waals surface area contributed by atoms with Gasteiger partial charge in [0.2, 0.25) is 53.2 Å². The molecule has 117 heavy (non-hydrogen) atoms. The summed E-state index contributed by atoms with van der Waals surface area (Å²) in [5.41, 5.74) is 1.56. The van der Waals surface area contributed by atoms with Gasteiger partial charge in [0.25, 0.3) is 5.56 Å². The molecule has 4 aromatic rings. The van der Waals surface area contributed by atoms with Crippen molar-refractivity contribution >= 4 is 70.0 Å². The fraction of sp³-hybridized carbons (Fsp3) is 0.620. The number of halogens is 1. The Morgan fingerprint density at radius 2 is 1.13 bits per heavy atom. The highest BCUT2D eigenvalue weighted by Crippen LogP contribution is 2.46. The van der Waals surface area contributed by atoms with E-state index in [2.05, 4.69) is 37.2 Å². The van der Waals surface area contributed by atoms with Crippen LogP contribution in [0.2, 0.25) is 0 Å². The van der Waals surface area contributed by atoms with Gasteiger partial charge in [-0.1, -0.05) is 44.2 Å². The first-order chi connectivity index (χ1) is 56.7. The topological polar surface area (TPSA) is 463 Å². The maximum absolute atomic E-state index is 15.4. The summed E-state index contributed by atoms with van der Waals surface area (Å²) in [6.45, 7) is 11.8. The molecule has 5 atom stereocenters. The first-order valence-corrected chi connectivity index (χ1v) is 39.5. The Kier molecular flexibility index (Phi) is 40.5. The van der Waals surface area contributed by atoms with Gasteiger partial charge in [-0.15, -0.1) is 0 Å². The average Bonchev–Trinajstić information content (AvgIpc) is 1.59. The Morgan fingerprint density at radius 1 is 0.607 bits per heavy atom. The largest absolute Gasteiger partial charge is 0.458 e. The van der Waals surface area contributed by atoms with E-state index in [-0.39, 0.29) is 132 Å². The molecule has 8 rings (SSSR count). The molecule has 1 fully saturated rings. The zero-order valence-corrected chi connectivity index (χ0v) is 66.7. The van der Waals surface area contributed by atoms with Crippen LogP contribution in [0.5, 0.6) is 0 Å². The van der Waals surface area contributed by atoms with Crippen molar-refractivity contribution in [3.63, 3.8) is 0 Å². The molecule has 1 saturated heterocycles. The summed E-state index contributed by atoms with van der Waals surface area (Å²) in [5, 5.41) is 41.1. The molecule has 1 unspecified atom stereocenters. The predicted molar refractivity (Wildman–Crippen MR) is 412 cm³/mol. The van der Waals surface area contributed by atoms with Crippen molar-refractivity contribution < 1.29 is 129 Å². The van der Waals surface area contributed by atoms with Crippen molar-refractivity contribution in [2.24, 2.45) is 5.92 Å². The van der Waals surface area contributed by atoms with Crippen molar-refractivity contribution in [1.82, 2.24) is 51.7 Å². The molecule has 0 bridgehead atoms. The number of carbonyl (C=O) groups excluding carboxylic acids is 10. The summed E-state index contributed by atoms with van der Waals surface area (Å²) in [6, 6.07) is 9.70. The smallest absolute Gasteiger partial charge is 0.343 e. The number of nitrogens with one attached hydrogen (secondary N) is 7. The van der Waals surface area contributed by atoms with Crippen molar-refractivity contribution in [2.75, 3.05) is 205 Å². The summed E-state index contributed by atoms with van der Waals surface area (Å²) in [7, 11) is 0. The van der Waals surface area contributed by atoms with Crippen molar-refractivity contribution in [3.05, 3.63) is 97.6 Å². The number of cyclic esters (lactones) is 1. The number of aryl methyl sites for hydroxylation is 1. The third-order valence-corrected chi connectivity index (χ3v) is 19.3. The van der Waals surface area contributed by atoms with Gasteiger partial charge in [-0.25, -0.2) is 14.2 Å². The maximum Gasteiger partial charge on any atom is 0.343 e. The summed E-state index contributed by atoms with van der Waals surface area (Å²) in [6.07, 6.45) is -0.923. The number of benzene rings is 2. The minimum Gasteiger partial charge on any atom is -0.458 e. The van der Waals surface area contributed by atoms with E-state index < -0.39 is 96.2 Å². The monoisotopic (exact) mass is 1650 g/mol. The van der Waals surface area contributed by atoms with E-state index in [1.807, 2.05) is 0 Å². The number of fused-ring (bicyclic) bond motifs is 5. The molecule has 2 aromatic carbocycles. The molecular formula is C79H111FN10O27. The molecular weight excluding hydrogens is 1540 g/mol. The first-order valence-electron chi connectivity index (χ1n) is 39.5. The number of nitrogens with zero attached hydrogens (tertiary/aromatic N) is 3. The molecule has 0 radical (unpaired) electrons. The second kappa shape index (κ2) is 50.7. The number of carbonyl (C=O) groups is 10. The second-order valence-corrected chi connectivity index (χ2v) is 27.6. The van der Waals surface area contributed by atoms with Crippen LogP contribution < -0.4 is 42.8 Å². The number of esters is 1. The van der Waals surface area contributed by atoms with Crippen LogP contribution in [-0.4, -0.2) is 301 Å². The number of hydrogen-bond donors (Lipinski definition) is 9. The van der Waals surface area contributed by atoms with Crippen LogP contribution in [-0.2, 0) is 146 Å². The molecule has 0 spiro atoms. The lowest BCUT2D eigenvalue weighted by Crippen LogP contribution is -2.52. The minimum atomic E-state index is -2.07. The van der Waals surface area contributed by atoms with E-state index in [0.29, 0.717) is 203 Å². The molecule has 0 saturated carbocycles. The molecule has 9 amide bonds. The molecule has 1 aliphatic carbocycles. The molecule has 2 aromatic heterocycles. The van der Waals surface area contributed by atoms with E-state index in [0.717, 1.165) is 4.90 Å². The average molecular weight is 1650 g/mol. The van der Waals surface area contributed by atoms with Crippen molar-refractivity contribution in [3.8, 4) is 11.4 Å². The van der Waals surface area contributed by atoms with E-state index in [9.17, 15) is 63.0 Å². The number of hydrogen-bond acceptors (Lipinski definition) is 28. The number of pyridine rings is 2. The molecule has 3 aliphatic heterocycles. The highest BCUT2D eigenvalue weighted by Gasteiger charge is 2.46. The maximum atomic E-state index is 15.4. The SMILES string of the molecule is CC[C@@]1(O)C(=O)OCc2c1cc1n(c2=O)Cc2c-1nc1cc(F)c(C)c3c1c2[C@@H](NC(=O)[C@H](O)CCOCNC(=O)CNC(=O)[C@H](Cc1ccccc1)NC(=O)CNC(=O)CNC(=O)CCOCCOCCOCCOCCOCCOCCOCCOCCOCCOCCOCCOCCNC(=O)CCN1C(=O)CC(C)C1=O)CC3. The highest BCUT2D eigenvalue weighted by molar-refractivity contribution is 6.03. The fourth-order valence-electron chi connectivity index (χ4n) is 13.0. The molecule has 4 aliphatic rings. The summed E-state index contributed by atoms with van der Waals surface area (Å²) >= 11 is 0. The second-order valence-electron chi connectivity index (χ2n) is 27.6. The van der Waals surface area contributed by atoms with Crippen LogP contribution in [0.1, 0.15) is 97.4 Å². The zero-order valence-electron chi connectivity index (χ0n) is 66.7. The van der Waals surface area contributed by atoms with Gasteiger partial charge in [0, 0.05) is 73.7 Å². The Bertz CT molecular complexity index is 3990. The number of likely N-dealkylation sites (tertiary alicyclic amines) is 1.